The molecule has 8 aromatic heterocycles. The molecule has 0 radical (unpaired) electrons. The Morgan fingerprint density at radius 3 is 1.04 bits per heavy atom. The summed E-state index contributed by atoms with van der Waals surface area (Å²) in [5.41, 5.74) is 27.7. The number of aromatic nitrogens is 6. The number of pyridine rings is 2. The van der Waals surface area contributed by atoms with Crippen LogP contribution in [0, 0.1) is 0 Å². The summed E-state index contributed by atoms with van der Waals surface area (Å²) < 4.78 is 15.3. The lowest BCUT2D eigenvalue weighted by atomic mass is 9.98. The van der Waals surface area contributed by atoms with E-state index in [0.717, 1.165) is 83.6 Å². The van der Waals surface area contributed by atoms with E-state index < -0.39 is 0 Å². The van der Waals surface area contributed by atoms with E-state index in [1.54, 1.807) is 0 Å². The highest BCUT2D eigenvalue weighted by molar-refractivity contribution is 6.28. The minimum atomic E-state index is 1.11. The van der Waals surface area contributed by atoms with E-state index in [9.17, 15) is 0 Å². The lowest BCUT2D eigenvalue weighted by molar-refractivity contribution is 1.18. The van der Waals surface area contributed by atoms with E-state index >= 15 is 0 Å². The molecule has 0 aliphatic heterocycles. The highest BCUT2D eigenvalue weighted by atomic mass is 15.1. The molecular formula is C108H64N6. The van der Waals surface area contributed by atoms with Crippen molar-refractivity contribution in [2.24, 2.45) is 0 Å². The predicted molar refractivity (Wildman–Crippen MR) is 482 cm³/mol. The maximum atomic E-state index is 2.62. The van der Waals surface area contributed by atoms with Gasteiger partial charge < -0.3 is 27.1 Å². The zero-order valence-electron chi connectivity index (χ0n) is 61.6. The molecule has 0 unspecified atom stereocenters. The summed E-state index contributed by atoms with van der Waals surface area (Å²) in [4.78, 5) is 0. The number of nitrogens with zero attached hydrogens (tertiary/aromatic N) is 6. The van der Waals surface area contributed by atoms with Gasteiger partial charge in [-0.1, -0.05) is 285 Å². The van der Waals surface area contributed by atoms with Gasteiger partial charge in [0.25, 0.3) is 0 Å². The molecule has 0 N–H and O–H groups in total. The first-order valence-corrected chi connectivity index (χ1v) is 39.5. The number of hydrogen-bond donors (Lipinski definition) is 0. The van der Waals surface area contributed by atoms with Crippen LogP contribution in [0.2, 0.25) is 0 Å². The van der Waals surface area contributed by atoms with E-state index in [-0.39, 0.29) is 0 Å². The van der Waals surface area contributed by atoms with Gasteiger partial charge in [-0.25, -0.2) is 0 Å². The van der Waals surface area contributed by atoms with Crippen LogP contribution in [0.15, 0.2) is 388 Å². The Morgan fingerprint density at radius 1 is 0.140 bits per heavy atom. The third-order valence-electron chi connectivity index (χ3n) is 25.3. The van der Waals surface area contributed by atoms with E-state index in [4.69, 9.17) is 0 Å². The second kappa shape index (κ2) is 23.2. The van der Waals surface area contributed by atoms with Crippen molar-refractivity contribution in [2.75, 3.05) is 0 Å². The molecule has 0 bridgehead atoms. The molecule has 26 rings (SSSR count). The minimum Gasteiger partial charge on any atom is -0.309 e. The molecule has 0 atom stereocenters. The highest BCUT2D eigenvalue weighted by Crippen LogP contribution is 2.50. The number of fused-ring (bicyclic) bond motifs is 32. The monoisotopic (exact) mass is 1440 g/mol. The standard InChI is InChI=1S/C108H64N6/c1-3-23-65(24-4-1)70-45-53-87-101(60-70)112-93-41-21-15-33-79(93)77-31-11-13-36-83(77)105(112)108(87)113-96-57-49-73(110-94-42-22-18-38-85(94)103-75-29-9-7-27-67(75)46-55-98(103)110)63-89(96)82-51-43-72(62-100(82)113)69-48-54-95-88(59-69)78-32-12-14-37-84(78)106-107(86-52-44-71(61-102(86)114(95)106)66-25-5-2-6-26-66)111-97-58-50-74(64-90(97)104-76-30-10-8-28-68(76)47-56-99(104)111)109-91-39-19-16-34-80(91)81-35-17-20-40-92(81)109/h1-64H. The van der Waals surface area contributed by atoms with E-state index in [1.165, 1.54) is 158 Å². The summed E-state index contributed by atoms with van der Waals surface area (Å²) in [6.07, 6.45) is 0. The Bertz CT molecular complexity index is 8680. The van der Waals surface area contributed by atoms with Crippen LogP contribution in [-0.4, -0.2) is 27.1 Å². The second-order valence-corrected chi connectivity index (χ2v) is 31.0. The van der Waals surface area contributed by atoms with Crippen molar-refractivity contribution >= 4 is 185 Å². The molecule has 26 aromatic rings. The number of benzene rings is 18. The lowest BCUT2D eigenvalue weighted by Gasteiger charge is -2.15. The van der Waals surface area contributed by atoms with Crippen LogP contribution in [0.4, 0.5) is 0 Å². The summed E-state index contributed by atoms with van der Waals surface area (Å²) in [6, 6.07) is 146. The van der Waals surface area contributed by atoms with E-state index in [0.29, 0.717) is 0 Å². The first-order chi connectivity index (χ1) is 56.6. The van der Waals surface area contributed by atoms with Gasteiger partial charge in [0.15, 0.2) is 0 Å². The van der Waals surface area contributed by atoms with Crippen LogP contribution in [0.1, 0.15) is 0 Å². The summed E-state index contributed by atoms with van der Waals surface area (Å²) >= 11 is 0. The fraction of sp³-hybridized carbons (Fsp3) is 0. The maximum Gasteiger partial charge on any atom is 0.0803 e. The van der Waals surface area contributed by atoms with Crippen molar-refractivity contribution in [1.82, 2.24) is 27.1 Å². The van der Waals surface area contributed by atoms with Crippen LogP contribution < -0.4 is 0 Å². The first kappa shape index (κ1) is 61.6. The molecule has 0 fully saturated rings. The second-order valence-electron chi connectivity index (χ2n) is 31.0. The topological polar surface area (TPSA) is 28.5 Å². The van der Waals surface area contributed by atoms with Gasteiger partial charge in [0.2, 0.25) is 0 Å². The highest BCUT2D eigenvalue weighted by Gasteiger charge is 2.29. The quantitative estimate of drug-likeness (QED) is 0.142. The summed E-state index contributed by atoms with van der Waals surface area (Å²) in [5, 5.41) is 24.3. The minimum absolute atomic E-state index is 1.11. The molecule has 18 aromatic carbocycles. The molecule has 0 saturated heterocycles. The van der Waals surface area contributed by atoms with Crippen molar-refractivity contribution in [3.05, 3.63) is 388 Å². The van der Waals surface area contributed by atoms with Gasteiger partial charge in [-0.15, -0.1) is 0 Å². The molecular weight excluding hydrogens is 1380 g/mol. The number of hydrogen-bond acceptors (Lipinski definition) is 0. The smallest absolute Gasteiger partial charge is 0.0803 e. The zero-order chi connectivity index (χ0) is 74.1. The summed E-state index contributed by atoms with van der Waals surface area (Å²) in [6.45, 7) is 0. The average Bonchev–Trinajstić information content (AvgIpc) is 1.56. The van der Waals surface area contributed by atoms with Crippen LogP contribution in [0.3, 0.4) is 0 Å². The van der Waals surface area contributed by atoms with Gasteiger partial charge >= 0.3 is 0 Å². The third kappa shape index (κ3) is 8.41. The van der Waals surface area contributed by atoms with Crippen molar-refractivity contribution in [3.63, 3.8) is 0 Å². The van der Waals surface area contributed by atoms with E-state index in [1.807, 2.05) is 0 Å². The average molecular weight is 1450 g/mol. The van der Waals surface area contributed by atoms with Crippen LogP contribution in [0.5, 0.6) is 0 Å². The fourth-order valence-corrected chi connectivity index (χ4v) is 20.4. The number of rotatable bonds is 7. The van der Waals surface area contributed by atoms with Gasteiger partial charge in [0.1, 0.15) is 0 Å². The Kier molecular flexibility index (Phi) is 12.5. The molecule has 6 heteroatoms. The molecule has 8 heterocycles. The molecule has 0 amide bonds. The molecule has 6 nitrogen and oxygen atoms in total. The Morgan fingerprint density at radius 2 is 0.465 bits per heavy atom. The molecule has 0 aliphatic carbocycles. The predicted octanol–water partition coefficient (Wildman–Crippen LogP) is 28.8. The van der Waals surface area contributed by atoms with Crippen molar-refractivity contribution < 1.29 is 0 Å². The Labute approximate surface area is 652 Å². The Hall–Kier alpha value is -15.2. The first-order valence-electron chi connectivity index (χ1n) is 39.5. The SMILES string of the molecule is c1ccc(-c2ccc3c(-n4c5ccc(-n6c7ccccc7c7c8ccccc8ccc76)cc5c5ccc(-c6ccc7c(c6)c6ccccc6c6c(-n8c9ccc(-n%10c%11ccccc%11c%11ccccc%11%10)cc9c9c%10ccccc%10ccc98)c8ccc(-c9ccccc9)cc8n76)cc54)c4c5ccccc5c5ccccc5n4c3c2)cc1. The third-order valence-corrected chi connectivity index (χ3v) is 25.3. The van der Waals surface area contributed by atoms with Crippen LogP contribution in [0.25, 0.3) is 241 Å². The lowest BCUT2D eigenvalue weighted by Crippen LogP contribution is -1.98. The summed E-state index contributed by atoms with van der Waals surface area (Å²) in [7, 11) is 0. The number of para-hydroxylation sites is 4. The van der Waals surface area contributed by atoms with Gasteiger partial charge in [0.05, 0.1) is 88.6 Å². The zero-order valence-corrected chi connectivity index (χ0v) is 61.6. The maximum absolute atomic E-state index is 2.62. The van der Waals surface area contributed by atoms with Gasteiger partial charge in [-0.05, 0) is 169 Å². The molecule has 526 valence electrons. The van der Waals surface area contributed by atoms with Crippen molar-refractivity contribution in [1.29, 1.82) is 0 Å². The molecule has 0 saturated carbocycles. The van der Waals surface area contributed by atoms with Crippen molar-refractivity contribution in [2.45, 2.75) is 0 Å². The molecule has 0 spiro atoms. The Balaban J connectivity index is 0.746. The molecule has 0 aliphatic rings. The molecule has 114 heavy (non-hydrogen) atoms. The van der Waals surface area contributed by atoms with Crippen LogP contribution >= 0.6 is 0 Å². The normalized spacial score (nSPS) is 12.4. The van der Waals surface area contributed by atoms with Gasteiger partial charge in [-0.2, -0.15) is 0 Å². The summed E-state index contributed by atoms with van der Waals surface area (Å²) in [5.74, 6) is 0. The fourth-order valence-electron chi connectivity index (χ4n) is 20.4. The van der Waals surface area contributed by atoms with Gasteiger partial charge in [-0.3, -0.25) is 0 Å². The largest absolute Gasteiger partial charge is 0.309 e. The van der Waals surface area contributed by atoms with E-state index in [2.05, 4.69) is 415 Å². The van der Waals surface area contributed by atoms with Crippen LogP contribution in [-0.2, 0) is 0 Å². The van der Waals surface area contributed by atoms with Gasteiger partial charge in [0, 0.05) is 86.8 Å². The van der Waals surface area contributed by atoms with Crippen molar-refractivity contribution in [3.8, 4) is 56.1 Å².